The largest absolute Gasteiger partial charge is 0.346 e. The van der Waals surface area contributed by atoms with E-state index >= 15 is 0 Å². The van der Waals surface area contributed by atoms with Gasteiger partial charge in [-0.05, 0) is 30.9 Å². The Hall–Kier alpha value is -2.96. The fraction of sp³-hybridized carbons (Fsp3) is 0.400. The lowest BCUT2D eigenvalue weighted by molar-refractivity contribution is 0.0708. The number of nitrogens with one attached hydrogen (secondary N) is 2. The molecule has 7 nitrogen and oxygen atoms in total. The zero-order chi connectivity index (χ0) is 19.0. The summed E-state index contributed by atoms with van der Waals surface area (Å²) < 4.78 is 0. The summed E-state index contributed by atoms with van der Waals surface area (Å²) in [6.45, 7) is 5.53. The Bertz CT molecular complexity index is 1030. The lowest BCUT2D eigenvalue weighted by Crippen LogP contribution is -2.39. The number of nitrogens with zero attached hydrogens (tertiary/aromatic N) is 3. The van der Waals surface area contributed by atoms with E-state index in [0.717, 1.165) is 24.2 Å². The van der Waals surface area contributed by atoms with Crippen LogP contribution in [-0.2, 0) is 0 Å². The van der Waals surface area contributed by atoms with Crippen molar-refractivity contribution in [3.8, 4) is 0 Å². The van der Waals surface area contributed by atoms with E-state index in [9.17, 15) is 9.59 Å². The van der Waals surface area contributed by atoms with Crippen LogP contribution in [0.2, 0.25) is 0 Å². The van der Waals surface area contributed by atoms with Gasteiger partial charge in [-0.15, -0.1) is 0 Å². The Morgan fingerprint density at radius 3 is 2.67 bits per heavy atom. The molecule has 2 N–H and O–H groups in total. The normalized spacial score (nSPS) is 15.6. The Kier molecular flexibility index (Phi) is 4.51. The van der Waals surface area contributed by atoms with E-state index in [2.05, 4.69) is 40.1 Å². The molecule has 1 fully saturated rings. The number of piperidine rings is 1. The molecule has 0 radical (unpaired) electrons. The van der Waals surface area contributed by atoms with Gasteiger partial charge in [0.15, 0.2) is 0 Å². The minimum Gasteiger partial charge on any atom is -0.337 e. The van der Waals surface area contributed by atoms with Gasteiger partial charge in [0.05, 0.1) is 11.2 Å². The molecular weight excluding hydrogens is 342 g/mol. The van der Waals surface area contributed by atoms with Crippen LogP contribution < -0.4 is 5.69 Å². The maximum atomic E-state index is 13.0. The van der Waals surface area contributed by atoms with Crippen LogP contribution in [-0.4, -0.2) is 44.1 Å². The molecule has 0 atom stereocenters. The number of carbonyl (C=O) groups is 1. The molecule has 0 bridgehead atoms. The molecule has 2 aromatic heterocycles. The number of benzene rings is 1. The Balaban J connectivity index is 1.51. The molecule has 1 aliphatic rings. The zero-order valence-electron chi connectivity index (χ0n) is 15.5. The first-order valence-electron chi connectivity index (χ1n) is 9.36. The van der Waals surface area contributed by atoms with Gasteiger partial charge in [0.1, 0.15) is 5.69 Å². The third-order valence-electron chi connectivity index (χ3n) is 5.27. The van der Waals surface area contributed by atoms with E-state index in [0.29, 0.717) is 35.8 Å². The van der Waals surface area contributed by atoms with Crippen molar-refractivity contribution in [2.75, 3.05) is 13.1 Å². The molecule has 0 saturated carbocycles. The van der Waals surface area contributed by atoms with Gasteiger partial charge in [-0.3, -0.25) is 9.89 Å². The van der Waals surface area contributed by atoms with Gasteiger partial charge in [-0.1, -0.05) is 32.0 Å². The van der Waals surface area contributed by atoms with Crippen molar-refractivity contribution in [1.29, 1.82) is 0 Å². The number of hydrogen-bond acceptors (Lipinski definition) is 4. The standard InChI is InChI=1S/C20H23N5O2/c1-12(2)16-11-17(24-23-16)13-7-9-25(10-8-13)19(26)18-14-5-3-4-6-15(14)21-20(27)22-18/h3-6,11-13H,7-10H2,1-2H3,(H,23,24)(H,21,22,27). The average molecular weight is 365 g/mol. The first-order valence-corrected chi connectivity index (χ1v) is 9.36. The minimum absolute atomic E-state index is 0.178. The van der Waals surface area contributed by atoms with Gasteiger partial charge < -0.3 is 9.88 Å². The van der Waals surface area contributed by atoms with Gasteiger partial charge in [0.25, 0.3) is 5.91 Å². The number of aromatic nitrogens is 4. The second-order valence-corrected chi connectivity index (χ2v) is 7.41. The first kappa shape index (κ1) is 17.5. The van der Waals surface area contributed by atoms with E-state index in [1.807, 2.05) is 18.2 Å². The summed E-state index contributed by atoms with van der Waals surface area (Å²) >= 11 is 0. The highest BCUT2D eigenvalue weighted by Gasteiger charge is 2.27. The lowest BCUT2D eigenvalue weighted by atomic mass is 9.92. The van der Waals surface area contributed by atoms with Gasteiger partial charge in [-0.25, -0.2) is 4.79 Å². The average Bonchev–Trinajstić information content (AvgIpc) is 3.17. The van der Waals surface area contributed by atoms with Crippen molar-refractivity contribution < 1.29 is 4.79 Å². The summed E-state index contributed by atoms with van der Waals surface area (Å²) in [5.74, 6) is 0.591. The topological polar surface area (TPSA) is 94.7 Å². The van der Waals surface area contributed by atoms with Crippen LogP contribution >= 0.6 is 0 Å². The maximum absolute atomic E-state index is 13.0. The number of carbonyl (C=O) groups excluding carboxylic acids is 1. The number of aromatic amines is 2. The Morgan fingerprint density at radius 2 is 1.96 bits per heavy atom. The number of H-pyrrole nitrogens is 2. The van der Waals surface area contributed by atoms with Gasteiger partial charge in [-0.2, -0.15) is 10.1 Å². The van der Waals surface area contributed by atoms with Crippen LogP contribution in [0, 0.1) is 0 Å². The van der Waals surface area contributed by atoms with Crippen LogP contribution in [0.1, 0.15) is 60.4 Å². The second-order valence-electron chi connectivity index (χ2n) is 7.41. The summed E-state index contributed by atoms with van der Waals surface area (Å²) in [6, 6.07) is 9.41. The molecule has 1 aromatic carbocycles. The van der Waals surface area contributed by atoms with Crippen LogP contribution in [0.4, 0.5) is 0 Å². The van der Waals surface area contributed by atoms with Crippen molar-refractivity contribution in [1.82, 2.24) is 25.1 Å². The highest BCUT2D eigenvalue weighted by atomic mass is 16.2. The van der Waals surface area contributed by atoms with Crippen molar-refractivity contribution in [3.05, 3.63) is 57.9 Å². The van der Waals surface area contributed by atoms with E-state index in [1.165, 1.54) is 0 Å². The second kappa shape index (κ2) is 6.98. The van der Waals surface area contributed by atoms with Crippen molar-refractivity contribution in [3.63, 3.8) is 0 Å². The molecule has 0 unspecified atom stereocenters. The number of hydrogen-bond donors (Lipinski definition) is 2. The minimum atomic E-state index is -0.495. The molecule has 0 spiro atoms. The lowest BCUT2D eigenvalue weighted by Gasteiger charge is -2.31. The van der Waals surface area contributed by atoms with E-state index in [1.54, 1.807) is 11.0 Å². The molecule has 140 valence electrons. The molecule has 1 saturated heterocycles. The van der Waals surface area contributed by atoms with Gasteiger partial charge in [0, 0.05) is 30.1 Å². The molecule has 3 aromatic rings. The first-order chi connectivity index (χ1) is 13.0. The van der Waals surface area contributed by atoms with E-state index in [-0.39, 0.29) is 11.6 Å². The van der Waals surface area contributed by atoms with E-state index in [4.69, 9.17) is 0 Å². The SMILES string of the molecule is CC(C)c1cc(C2CCN(C(=O)c3nc(=O)[nH]c4ccccc34)CC2)[nH]n1. The van der Waals surface area contributed by atoms with Gasteiger partial charge >= 0.3 is 5.69 Å². The smallest absolute Gasteiger partial charge is 0.337 e. The van der Waals surface area contributed by atoms with E-state index < -0.39 is 5.69 Å². The molecule has 7 heteroatoms. The number of fused-ring (bicyclic) bond motifs is 1. The predicted molar refractivity (Wildman–Crippen MR) is 103 cm³/mol. The fourth-order valence-corrected chi connectivity index (χ4v) is 3.67. The quantitative estimate of drug-likeness (QED) is 0.746. The summed E-state index contributed by atoms with van der Waals surface area (Å²) in [5.41, 5.74) is 2.59. The molecule has 0 aliphatic carbocycles. The number of likely N-dealkylation sites (tertiary alicyclic amines) is 1. The zero-order valence-corrected chi connectivity index (χ0v) is 15.5. The molecule has 27 heavy (non-hydrogen) atoms. The van der Waals surface area contributed by atoms with Crippen molar-refractivity contribution in [2.24, 2.45) is 0 Å². The van der Waals surface area contributed by atoms with Crippen molar-refractivity contribution in [2.45, 2.75) is 38.5 Å². The maximum Gasteiger partial charge on any atom is 0.346 e. The Morgan fingerprint density at radius 1 is 1.22 bits per heavy atom. The van der Waals surface area contributed by atoms with Crippen LogP contribution in [0.15, 0.2) is 35.1 Å². The molecule has 1 aliphatic heterocycles. The number of rotatable bonds is 3. The predicted octanol–water partition coefficient (Wildman–Crippen LogP) is 2.79. The summed E-state index contributed by atoms with van der Waals surface area (Å²) in [5, 5.41) is 8.22. The fourth-order valence-electron chi connectivity index (χ4n) is 3.67. The Labute approximate surface area is 156 Å². The van der Waals surface area contributed by atoms with Crippen LogP contribution in [0.25, 0.3) is 10.9 Å². The third-order valence-corrected chi connectivity index (χ3v) is 5.27. The highest BCUT2D eigenvalue weighted by Crippen LogP contribution is 2.29. The molecule has 3 heterocycles. The number of para-hydroxylation sites is 1. The third kappa shape index (κ3) is 3.37. The molecule has 1 amide bonds. The highest BCUT2D eigenvalue weighted by molar-refractivity contribution is 6.04. The molecule has 4 rings (SSSR count). The van der Waals surface area contributed by atoms with Crippen LogP contribution in [0.5, 0.6) is 0 Å². The summed E-state index contributed by atoms with van der Waals surface area (Å²) in [6.07, 6.45) is 1.74. The molecular formula is C20H23N5O2. The summed E-state index contributed by atoms with van der Waals surface area (Å²) in [7, 11) is 0. The summed E-state index contributed by atoms with van der Waals surface area (Å²) in [4.78, 5) is 33.3. The van der Waals surface area contributed by atoms with Crippen molar-refractivity contribution >= 4 is 16.8 Å². The monoisotopic (exact) mass is 365 g/mol. The van der Waals surface area contributed by atoms with Gasteiger partial charge in [0.2, 0.25) is 0 Å². The number of amides is 1. The van der Waals surface area contributed by atoms with Crippen LogP contribution in [0.3, 0.4) is 0 Å².